The standard InChI is InChI=1S/C20H23N5O2/c21-19(23-12-16-7-4-10-22-11-16)18-9-8-17-13-24(18)20(26)25(17)27-14-15-5-2-1-3-6-15/h1-7,10-11,17-18H,8-9,12-14H2,(H2,21,23)/t17-,18+/m1/s1. The van der Waals surface area contributed by atoms with Crippen LogP contribution >= 0.6 is 0 Å². The lowest BCUT2D eigenvalue weighted by atomic mass is 10.00. The highest BCUT2D eigenvalue weighted by atomic mass is 16.7. The highest BCUT2D eigenvalue weighted by Crippen LogP contribution is 2.30. The number of aromatic nitrogens is 1. The molecule has 0 radical (unpaired) electrons. The maximum atomic E-state index is 12.8. The lowest BCUT2D eigenvalue weighted by Gasteiger charge is -2.29. The molecule has 7 heteroatoms. The zero-order valence-corrected chi connectivity index (χ0v) is 15.1. The van der Waals surface area contributed by atoms with E-state index in [2.05, 4.69) is 9.98 Å². The number of piperidine rings is 1. The number of carbonyl (C=O) groups is 1. The highest BCUT2D eigenvalue weighted by molar-refractivity contribution is 5.91. The van der Waals surface area contributed by atoms with Crippen LogP contribution < -0.4 is 5.73 Å². The van der Waals surface area contributed by atoms with Crippen LogP contribution in [0.25, 0.3) is 0 Å². The van der Waals surface area contributed by atoms with Gasteiger partial charge in [-0.05, 0) is 30.0 Å². The summed E-state index contributed by atoms with van der Waals surface area (Å²) in [5.41, 5.74) is 8.26. The van der Waals surface area contributed by atoms with E-state index in [1.54, 1.807) is 17.3 Å². The third-order valence-corrected chi connectivity index (χ3v) is 5.04. The molecule has 2 aliphatic heterocycles. The molecular formula is C20H23N5O2. The van der Waals surface area contributed by atoms with Crippen LogP contribution in [0.5, 0.6) is 0 Å². The number of pyridine rings is 1. The van der Waals surface area contributed by atoms with Crippen molar-refractivity contribution in [2.45, 2.75) is 38.1 Å². The summed E-state index contributed by atoms with van der Waals surface area (Å²) in [5.74, 6) is 0.496. The van der Waals surface area contributed by atoms with Crippen molar-refractivity contribution in [2.24, 2.45) is 10.7 Å². The minimum atomic E-state index is -0.171. The molecule has 1 aromatic carbocycles. The van der Waals surface area contributed by atoms with Gasteiger partial charge in [-0.15, -0.1) is 0 Å². The molecule has 140 valence electrons. The minimum absolute atomic E-state index is 0.0728. The molecule has 7 nitrogen and oxygen atoms in total. The van der Waals surface area contributed by atoms with Crippen molar-refractivity contribution in [1.29, 1.82) is 0 Å². The minimum Gasteiger partial charge on any atom is -0.386 e. The van der Waals surface area contributed by atoms with Crippen LogP contribution in [-0.2, 0) is 18.0 Å². The van der Waals surface area contributed by atoms with Crippen LogP contribution in [0.3, 0.4) is 0 Å². The van der Waals surface area contributed by atoms with Crippen molar-refractivity contribution in [3.63, 3.8) is 0 Å². The maximum Gasteiger partial charge on any atom is 0.344 e. The number of nitrogens with zero attached hydrogens (tertiary/aromatic N) is 4. The molecule has 2 aromatic rings. The number of rotatable bonds is 6. The fraction of sp³-hybridized carbons (Fsp3) is 0.350. The Labute approximate surface area is 158 Å². The van der Waals surface area contributed by atoms with Gasteiger partial charge in [-0.2, -0.15) is 5.06 Å². The first-order valence-corrected chi connectivity index (χ1v) is 9.18. The van der Waals surface area contributed by atoms with E-state index in [4.69, 9.17) is 10.6 Å². The number of urea groups is 1. The average molecular weight is 365 g/mol. The second-order valence-corrected chi connectivity index (χ2v) is 6.87. The number of amides is 2. The normalized spacial score (nSPS) is 22.4. The molecule has 2 atom stereocenters. The summed E-state index contributed by atoms with van der Waals surface area (Å²) in [6, 6.07) is 13.5. The molecule has 2 aliphatic rings. The lowest BCUT2D eigenvalue weighted by molar-refractivity contribution is -0.140. The molecule has 1 aromatic heterocycles. The summed E-state index contributed by atoms with van der Waals surface area (Å²) in [6.07, 6.45) is 5.15. The Morgan fingerprint density at radius 2 is 2.00 bits per heavy atom. The first-order chi connectivity index (χ1) is 13.2. The molecule has 0 unspecified atom stereocenters. The van der Waals surface area contributed by atoms with Gasteiger partial charge in [-0.1, -0.05) is 36.4 Å². The molecule has 4 rings (SSSR count). The Morgan fingerprint density at radius 1 is 1.19 bits per heavy atom. The number of fused-ring (bicyclic) bond motifs is 2. The summed E-state index contributed by atoms with van der Waals surface area (Å²) >= 11 is 0. The van der Waals surface area contributed by atoms with Gasteiger partial charge < -0.3 is 10.6 Å². The number of carbonyl (C=O) groups excluding carboxylic acids is 1. The van der Waals surface area contributed by atoms with Gasteiger partial charge in [-0.25, -0.2) is 4.79 Å². The van der Waals surface area contributed by atoms with E-state index in [0.29, 0.717) is 25.5 Å². The van der Waals surface area contributed by atoms with Crippen LogP contribution in [0.2, 0.25) is 0 Å². The summed E-state index contributed by atoms with van der Waals surface area (Å²) in [6.45, 7) is 1.48. The van der Waals surface area contributed by atoms with E-state index in [1.165, 1.54) is 5.06 Å². The maximum absolute atomic E-state index is 12.8. The molecule has 2 N–H and O–H groups in total. The predicted octanol–water partition coefficient (Wildman–Crippen LogP) is 2.34. The topological polar surface area (TPSA) is 84.0 Å². The Hall–Kier alpha value is -2.93. The number of hydrogen-bond acceptors (Lipinski definition) is 4. The molecule has 2 bridgehead atoms. The van der Waals surface area contributed by atoms with Gasteiger partial charge >= 0.3 is 6.03 Å². The van der Waals surface area contributed by atoms with Crippen molar-refractivity contribution >= 4 is 11.9 Å². The number of hydrogen-bond donors (Lipinski definition) is 1. The molecule has 2 amide bonds. The van der Waals surface area contributed by atoms with Gasteiger partial charge in [0.05, 0.1) is 18.6 Å². The SMILES string of the molecule is NC(=NCc1cccnc1)[C@@H]1CC[C@@H]2CN1C(=O)N2OCc1ccccc1. The Morgan fingerprint density at radius 3 is 2.78 bits per heavy atom. The molecule has 0 spiro atoms. The van der Waals surface area contributed by atoms with Gasteiger partial charge in [0, 0.05) is 18.9 Å². The van der Waals surface area contributed by atoms with E-state index in [0.717, 1.165) is 24.0 Å². The summed E-state index contributed by atoms with van der Waals surface area (Å²) in [7, 11) is 0. The van der Waals surface area contributed by atoms with Crippen LogP contribution in [0.1, 0.15) is 24.0 Å². The number of benzene rings is 1. The van der Waals surface area contributed by atoms with Crippen molar-refractivity contribution < 1.29 is 9.63 Å². The van der Waals surface area contributed by atoms with E-state index in [9.17, 15) is 4.79 Å². The van der Waals surface area contributed by atoms with Gasteiger partial charge in [0.25, 0.3) is 0 Å². The molecule has 3 heterocycles. The monoisotopic (exact) mass is 365 g/mol. The second-order valence-electron chi connectivity index (χ2n) is 6.87. The number of aliphatic imine (C=N–C) groups is 1. The van der Waals surface area contributed by atoms with E-state index < -0.39 is 0 Å². The average Bonchev–Trinajstić information content (AvgIpc) is 2.96. The van der Waals surface area contributed by atoms with Crippen molar-refractivity contribution in [3.05, 3.63) is 66.0 Å². The van der Waals surface area contributed by atoms with Crippen molar-refractivity contribution in [3.8, 4) is 0 Å². The number of nitrogens with two attached hydrogens (primary N) is 1. The number of hydroxylamine groups is 2. The smallest absolute Gasteiger partial charge is 0.344 e. The van der Waals surface area contributed by atoms with E-state index >= 15 is 0 Å². The fourth-order valence-electron chi connectivity index (χ4n) is 3.60. The van der Waals surface area contributed by atoms with Crippen LogP contribution in [-0.4, -0.2) is 45.4 Å². The van der Waals surface area contributed by atoms with Gasteiger partial charge in [0.1, 0.15) is 12.4 Å². The quantitative estimate of drug-likeness (QED) is 0.629. The first kappa shape index (κ1) is 17.5. The Balaban J connectivity index is 1.40. The lowest BCUT2D eigenvalue weighted by Crippen LogP contribution is -2.48. The largest absolute Gasteiger partial charge is 0.386 e. The first-order valence-electron chi connectivity index (χ1n) is 9.18. The van der Waals surface area contributed by atoms with Gasteiger partial charge in [0.2, 0.25) is 0 Å². The van der Waals surface area contributed by atoms with E-state index in [1.807, 2.05) is 42.5 Å². The van der Waals surface area contributed by atoms with Crippen molar-refractivity contribution in [1.82, 2.24) is 14.9 Å². The van der Waals surface area contributed by atoms with Crippen molar-refractivity contribution in [2.75, 3.05) is 6.54 Å². The zero-order valence-electron chi connectivity index (χ0n) is 15.1. The van der Waals surface area contributed by atoms with Gasteiger partial charge in [0.15, 0.2) is 0 Å². The third-order valence-electron chi connectivity index (χ3n) is 5.04. The van der Waals surface area contributed by atoms with E-state index in [-0.39, 0.29) is 18.1 Å². The third kappa shape index (κ3) is 3.78. The second kappa shape index (κ2) is 7.75. The van der Waals surface area contributed by atoms with Crippen LogP contribution in [0, 0.1) is 0 Å². The van der Waals surface area contributed by atoms with Crippen LogP contribution in [0.15, 0.2) is 59.9 Å². The predicted molar refractivity (Wildman–Crippen MR) is 102 cm³/mol. The summed E-state index contributed by atoms with van der Waals surface area (Å²) in [5, 5.41) is 1.52. The number of amidine groups is 1. The summed E-state index contributed by atoms with van der Waals surface area (Å²) < 4.78 is 0. The Kier molecular flexibility index (Phi) is 5.02. The fourth-order valence-corrected chi connectivity index (χ4v) is 3.60. The summed E-state index contributed by atoms with van der Waals surface area (Å²) in [4.78, 5) is 29.0. The molecule has 2 fully saturated rings. The van der Waals surface area contributed by atoms with Gasteiger partial charge in [-0.3, -0.25) is 14.8 Å². The molecule has 27 heavy (non-hydrogen) atoms. The molecular weight excluding hydrogens is 342 g/mol. The molecule has 0 saturated carbocycles. The molecule has 0 aliphatic carbocycles. The zero-order chi connectivity index (χ0) is 18.6. The van der Waals surface area contributed by atoms with Crippen LogP contribution in [0.4, 0.5) is 4.79 Å². The molecule has 2 saturated heterocycles. The Bertz CT molecular complexity index is 812. The highest BCUT2D eigenvalue weighted by Gasteiger charge is 2.46.